The molecular formula is C12H8Cl2HgO6S2. The second-order valence-electron chi connectivity index (χ2n) is 3.77. The van der Waals surface area contributed by atoms with Crippen molar-refractivity contribution >= 4 is 43.4 Å². The summed E-state index contributed by atoms with van der Waals surface area (Å²) in [5, 5.41) is -0.0787. The van der Waals surface area contributed by atoms with E-state index in [1.54, 1.807) is 12.1 Å². The Morgan fingerprint density at radius 2 is 0.913 bits per heavy atom. The Bertz CT molecular complexity index is 795. The van der Waals surface area contributed by atoms with Crippen molar-refractivity contribution in [1.29, 1.82) is 0 Å². The first kappa shape index (κ1) is 22.8. The Hall–Kier alpha value is -0.225. The summed E-state index contributed by atoms with van der Waals surface area (Å²) in [6.45, 7) is 0. The van der Waals surface area contributed by atoms with Crippen molar-refractivity contribution in [2.45, 2.75) is 9.79 Å². The van der Waals surface area contributed by atoms with Crippen LogP contribution in [0.3, 0.4) is 0 Å². The Morgan fingerprint density at radius 1 is 0.652 bits per heavy atom. The Morgan fingerprint density at radius 3 is 1.09 bits per heavy atom. The van der Waals surface area contributed by atoms with Crippen LogP contribution in [-0.2, 0) is 47.9 Å². The molecule has 11 heteroatoms. The fraction of sp³-hybridized carbons (Fsp3) is 0. The molecule has 0 fully saturated rings. The molecule has 0 radical (unpaired) electrons. The van der Waals surface area contributed by atoms with Crippen molar-refractivity contribution in [1.82, 2.24) is 0 Å². The van der Waals surface area contributed by atoms with Gasteiger partial charge in [-0.1, -0.05) is 47.5 Å². The molecule has 0 aromatic heterocycles. The summed E-state index contributed by atoms with van der Waals surface area (Å²) in [7, 11) is -8.83. The van der Waals surface area contributed by atoms with Crippen molar-refractivity contribution in [3.63, 3.8) is 0 Å². The van der Waals surface area contributed by atoms with Gasteiger partial charge in [-0.15, -0.1) is 0 Å². The molecule has 2 aromatic rings. The van der Waals surface area contributed by atoms with Gasteiger partial charge in [-0.3, -0.25) is 0 Å². The minimum absolute atomic E-state index is 0. The minimum Gasteiger partial charge on any atom is -0.744 e. The number of hydrogen-bond donors (Lipinski definition) is 0. The SMILES string of the molecule is O=S(=O)([O-])c1ccccc1Cl.O=S(=O)([O-])c1ccccc1Cl.[Hg+2]. The van der Waals surface area contributed by atoms with Gasteiger partial charge in [0, 0.05) is 0 Å². The van der Waals surface area contributed by atoms with Crippen LogP contribution in [0.15, 0.2) is 58.3 Å². The van der Waals surface area contributed by atoms with Gasteiger partial charge in [0.25, 0.3) is 0 Å². The molecule has 0 aliphatic rings. The van der Waals surface area contributed by atoms with E-state index in [4.69, 9.17) is 23.2 Å². The molecule has 0 aliphatic heterocycles. The third-order valence-electron chi connectivity index (χ3n) is 2.21. The standard InChI is InChI=1S/2C6H5ClO3S.Hg/c2*7-5-3-1-2-4-6(5)11(8,9)10;/h2*1-4H,(H,8,9,10);/q;;+2/p-2. The maximum atomic E-state index is 10.4. The number of halogens is 2. The van der Waals surface area contributed by atoms with Gasteiger partial charge in [-0.2, -0.15) is 0 Å². The van der Waals surface area contributed by atoms with Crippen molar-refractivity contribution in [2.75, 3.05) is 0 Å². The van der Waals surface area contributed by atoms with Crippen LogP contribution in [0.25, 0.3) is 0 Å². The topological polar surface area (TPSA) is 114 Å². The number of hydrogen-bond acceptors (Lipinski definition) is 6. The van der Waals surface area contributed by atoms with Crippen LogP contribution in [-0.4, -0.2) is 25.9 Å². The van der Waals surface area contributed by atoms with Crippen molar-refractivity contribution < 1.29 is 53.6 Å². The predicted molar refractivity (Wildman–Crippen MR) is 78.8 cm³/mol. The van der Waals surface area contributed by atoms with E-state index in [1.165, 1.54) is 36.4 Å². The van der Waals surface area contributed by atoms with Crippen molar-refractivity contribution in [3.8, 4) is 0 Å². The third-order valence-corrected chi connectivity index (χ3v) is 4.88. The van der Waals surface area contributed by atoms with E-state index in [9.17, 15) is 25.9 Å². The van der Waals surface area contributed by atoms with E-state index in [0.29, 0.717) is 0 Å². The zero-order chi connectivity index (χ0) is 17.0. The maximum absolute atomic E-state index is 10.4. The van der Waals surface area contributed by atoms with Gasteiger partial charge >= 0.3 is 27.7 Å². The second kappa shape index (κ2) is 9.31. The van der Waals surface area contributed by atoms with Crippen LogP contribution in [0.2, 0.25) is 10.0 Å². The molecule has 2 aromatic carbocycles. The summed E-state index contributed by atoms with van der Waals surface area (Å²) in [5.41, 5.74) is 0. The molecule has 23 heavy (non-hydrogen) atoms. The fourth-order valence-corrected chi connectivity index (χ4v) is 3.24. The van der Waals surface area contributed by atoms with Gasteiger partial charge in [-0.25, -0.2) is 16.8 Å². The molecule has 0 saturated heterocycles. The predicted octanol–water partition coefficient (Wildman–Crippen LogP) is 2.49. The molecule has 0 N–H and O–H groups in total. The largest absolute Gasteiger partial charge is 2.00 e. The maximum Gasteiger partial charge on any atom is 2.00 e. The summed E-state index contributed by atoms with van der Waals surface area (Å²) in [6.07, 6.45) is 0. The average molecular weight is 584 g/mol. The monoisotopic (exact) mass is 584 g/mol. The fourth-order valence-electron chi connectivity index (χ4n) is 1.29. The van der Waals surface area contributed by atoms with E-state index in [0.717, 1.165) is 0 Å². The third kappa shape index (κ3) is 7.46. The zero-order valence-corrected chi connectivity index (χ0v) is 20.0. The normalized spacial score (nSPS) is 11.0. The first-order valence-electron chi connectivity index (χ1n) is 5.44. The first-order valence-corrected chi connectivity index (χ1v) is 9.01. The summed E-state index contributed by atoms with van der Waals surface area (Å²) >= 11 is 10.9. The van der Waals surface area contributed by atoms with Gasteiger partial charge < -0.3 is 9.11 Å². The van der Waals surface area contributed by atoms with E-state index in [1.807, 2.05) is 0 Å². The smallest absolute Gasteiger partial charge is 0.744 e. The van der Waals surface area contributed by atoms with Gasteiger partial charge in [0.05, 0.1) is 19.8 Å². The molecule has 0 saturated carbocycles. The van der Waals surface area contributed by atoms with E-state index in [2.05, 4.69) is 0 Å². The number of rotatable bonds is 2. The van der Waals surface area contributed by atoms with Crippen LogP contribution in [0.5, 0.6) is 0 Å². The number of benzene rings is 2. The molecule has 0 spiro atoms. The van der Waals surface area contributed by atoms with Crippen LogP contribution >= 0.6 is 23.2 Å². The van der Waals surface area contributed by atoms with Crippen LogP contribution in [0.1, 0.15) is 0 Å². The van der Waals surface area contributed by atoms with E-state index < -0.39 is 20.2 Å². The molecule has 0 heterocycles. The summed E-state index contributed by atoms with van der Waals surface area (Å²) in [4.78, 5) is -0.747. The summed E-state index contributed by atoms with van der Waals surface area (Å²) < 4.78 is 62.5. The first-order chi connectivity index (χ1) is 10.0. The van der Waals surface area contributed by atoms with Crippen molar-refractivity contribution in [2.24, 2.45) is 0 Å². The molecule has 0 unspecified atom stereocenters. The van der Waals surface area contributed by atoms with E-state index >= 15 is 0 Å². The van der Waals surface area contributed by atoms with Crippen LogP contribution in [0.4, 0.5) is 0 Å². The summed E-state index contributed by atoms with van der Waals surface area (Å²) in [5.74, 6) is 0. The Kier molecular flexibility index (Phi) is 9.22. The van der Waals surface area contributed by atoms with E-state index in [-0.39, 0.29) is 47.5 Å². The van der Waals surface area contributed by atoms with Crippen molar-refractivity contribution in [3.05, 3.63) is 58.6 Å². The molecule has 0 aliphatic carbocycles. The Balaban J connectivity index is 0.000000403. The molecule has 0 atom stereocenters. The van der Waals surface area contributed by atoms with Gasteiger partial charge in [0.2, 0.25) is 0 Å². The molecule has 120 valence electrons. The van der Waals surface area contributed by atoms with Gasteiger partial charge in [0.15, 0.2) is 0 Å². The zero-order valence-electron chi connectivity index (χ0n) is 11.3. The van der Waals surface area contributed by atoms with Crippen LogP contribution < -0.4 is 0 Å². The average Bonchev–Trinajstić information content (AvgIpc) is 2.37. The Labute approximate surface area is 164 Å². The van der Waals surface area contributed by atoms with Crippen LogP contribution in [0, 0.1) is 0 Å². The van der Waals surface area contributed by atoms with Gasteiger partial charge in [-0.05, 0) is 24.3 Å². The molecule has 2 rings (SSSR count). The molecule has 0 amide bonds. The summed E-state index contributed by atoms with van der Waals surface area (Å²) in [6, 6.07) is 11.0. The molecule has 6 nitrogen and oxygen atoms in total. The van der Waals surface area contributed by atoms with Gasteiger partial charge in [0.1, 0.15) is 20.2 Å². The molecule has 0 bridgehead atoms. The minimum atomic E-state index is -4.42. The second-order valence-corrected chi connectivity index (χ2v) is 7.28. The quantitative estimate of drug-likeness (QED) is 0.397. The molecular weight excluding hydrogens is 576 g/mol.